The molecule has 2 heterocycles. The third-order valence-corrected chi connectivity index (χ3v) is 12.4. The summed E-state index contributed by atoms with van der Waals surface area (Å²) in [6, 6.07) is 11.4. The van der Waals surface area contributed by atoms with E-state index >= 15 is 0 Å². The molecule has 2 aliphatic heterocycles. The second-order valence-corrected chi connectivity index (χ2v) is 16.6. The van der Waals surface area contributed by atoms with Gasteiger partial charge in [-0.05, 0) is 66.1 Å². The molecule has 0 saturated carbocycles. The van der Waals surface area contributed by atoms with Crippen LogP contribution in [0.2, 0.25) is 0 Å². The molecule has 0 radical (unpaired) electrons. The summed E-state index contributed by atoms with van der Waals surface area (Å²) in [4.78, 5) is 60.1. The summed E-state index contributed by atoms with van der Waals surface area (Å²) in [5.41, 5.74) is 1.96. The molecule has 8 nitrogen and oxygen atoms in total. The molecule has 0 aliphatic carbocycles. The van der Waals surface area contributed by atoms with Gasteiger partial charge in [-0.1, -0.05) is 130 Å². The van der Waals surface area contributed by atoms with Crippen LogP contribution in [-0.4, -0.2) is 59.7 Å². The highest BCUT2D eigenvalue weighted by atomic mass is 16.5. The fourth-order valence-electron chi connectivity index (χ4n) is 9.30. The van der Waals surface area contributed by atoms with Gasteiger partial charge < -0.3 is 9.47 Å². The van der Waals surface area contributed by atoms with Crippen molar-refractivity contribution in [1.29, 1.82) is 0 Å². The summed E-state index contributed by atoms with van der Waals surface area (Å²) < 4.78 is 13.5. The maximum Gasteiger partial charge on any atom is 0.261 e. The van der Waals surface area contributed by atoms with Crippen LogP contribution in [0.15, 0.2) is 36.4 Å². The lowest BCUT2D eigenvalue weighted by molar-refractivity contribution is 0.0592. The second-order valence-electron chi connectivity index (χ2n) is 16.6. The molecule has 4 amide bonds. The average Bonchev–Trinajstić information content (AvgIpc) is 3.23. The number of carbonyl (C=O) groups excluding carboxylic acids is 4. The summed E-state index contributed by atoms with van der Waals surface area (Å²) in [5.74, 6) is 0.0130. The highest BCUT2D eigenvalue weighted by Crippen LogP contribution is 2.52. The van der Waals surface area contributed by atoms with Crippen LogP contribution in [0.3, 0.4) is 0 Å². The van der Waals surface area contributed by atoms with E-state index in [4.69, 9.17) is 9.47 Å². The quantitative estimate of drug-likeness (QED) is 0.0268. The number of amides is 4. The lowest BCUT2D eigenvalue weighted by Crippen LogP contribution is -2.41. The summed E-state index contributed by atoms with van der Waals surface area (Å²) >= 11 is 0. The van der Waals surface area contributed by atoms with Crippen LogP contribution in [0.5, 0.6) is 11.5 Å². The third kappa shape index (κ3) is 7.76. The normalized spacial score (nSPS) is 14.1. The smallest absolute Gasteiger partial charge is 0.261 e. The standard InChI is InChI=1S/C50H62N2O6/c1-5-9-13-15-17-21-29-57-39-31-37-43-38(50(56)52(49(37)55)28-20-12-8-4)32-40(58-30-22-18-16-14-10-6-2)45-34-24-26-36-42-35(25-23-33(41(34)42)44(39)46(43)45)47(53)51(48(36)54)27-19-11-7-3/h23-26,31-32H,5-22,27-30H2,1-4H3. The number of carbonyl (C=O) groups is 4. The number of ether oxygens (including phenoxy) is 2. The van der Waals surface area contributed by atoms with Gasteiger partial charge in [-0.2, -0.15) is 0 Å². The van der Waals surface area contributed by atoms with E-state index in [0.29, 0.717) is 70.8 Å². The van der Waals surface area contributed by atoms with Gasteiger partial charge in [0.1, 0.15) is 11.5 Å². The molecule has 5 aromatic rings. The maximum absolute atomic E-state index is 14.5. The predicted molar refractivity (Wildman–Crippen MR) is 235 cm³/mol. The Hall–Kier alpha value is -4.72. The van der Waals surface area contributed by atoms with Crippen LogP contribution in [0, 0.1) is 0 Å². The first-order valence-corrected chi connectivity index (χ1v) is 22.6. The van der Waals surface area contributed by atoms with Crippen molar-refractivity contribution >= 4 is 66.7 Å². The molecule has 0 spiro atoms. The molecule has 308 valence electrons. The zero-order valence-electron chi connectivity index (χ0n) is 35.4. The van der Waals surface area contributed by atoms with Crippen molar-refractivity contribution in [3.8, 4) is 11.5 Å². The molecule has 0 saturated heterocycles. The van der Waals surface area contributed by atoms with E-state index in [9.17, 15) is 19.2 Å². The van der Waals surface area contributed by atoms with E-state index in [2.05, 4.69) is 27.7 Å². The first kappa shape index (κ1) is 41.4. The second kappa shape index (κ2) is 18.9. The van der Waals surface area contributed by atoms with Crippen LogP contribution >= 0.6 is 0 Å². The van der Waals surface area contributed by atoms with E-state index in [0.717, 1.165) is 109 Å². The van der Waals surface area contributed by atoms with E-state index < -0.39 is 0 Å². The molecule has 58 heavy (non-hydrogen) atoms. The first-order valence-electron chi connectivity index (χ1n) is 22.6. The van der Waals surface area contributed by atoms with Crippen molar-refractivity contribution in [3.63, 3.8) is 0 Å². The number of benzene rings is 5. The minimum atomic E-state index is -0.299. The molecule has 0 unspecified atom stereocenters. The lowest BCUT2D eigenvalue weighted by Gasteiger charge is -2.31. The topological polar surface area (TPSA) is 93.2 Å². The Balaban J connectivity index is 1.45. The third-order valence-electron chi connectivity index (χ3n) is 12.4. The monoisotopic (exact) mass is 786 g/mol. The van der Waals surface area contributed by atoms with E-state index in [1.807, 2.05) is 36.4 Å². The largest absolute Gasteiger partial charge is 0.493 e. The molecular formula is C50H62N2O6. The van der Waals surface area contributed by atoms with Gasteiger partial charge in [0.05, 0.1) is 24.3 Å². The Bertz CT molecular complexity index is 2170. The molecule has 8 heteroatoms. The van der Waals surface area contributed by atoms with Crippen LogP contribution in [-0.2, 0) is 0 Å². The molecule has 0 N–H and O–H groups in total. The van der Waals surface area contributed by atoms with Crippen molar-refractivity contribution in [2.45, 2.75) is 143 Å². The number of fused-ring (bicyclic) bond motifs is 2. The highest BCUT2D eigenvalue weighted by molar-refractivity contribution is 6.43. The number of unbranched alkanes of at least 4 members (excludes halogenated alkanes) is 14. The van der Waals surface area contributed by atoms with Crippen molar-refractivity contribution in [1.82, 2.24) is 9.80 Å². The van der Waals surface area contributed by atoms with E-state index in [1.54, 1.807) is 0 Å². The predicted octanol–water partition coefficient (Wildman–Crippen LogP) is 12.8. The lowest BCUT2D eigenvalue weighted by atomic mass is 9.81. The maximum atomic E-state index is 14.5. The van der Waals surface area contributed by atoms with Crippen molar-refractivity contribution in [2.75, 3.05) is 26.3 Å². The molecule has 7 rings (SSSR count). The molecule has 0 fully saturated rings. The number of rotatable bonds is 24. The van der Waals surface area contributed by atoms with E-state index in [1.165, 1.54) is 48.3 Å². The van der Waals surface area contributed by atoms with E-state index in [-0.39, 0.29) is 23.6 Å². The van der Waals surface area contributed by atoms with Crippen LogP contribution in [0.4, 0.5) is 0 Å². The van der Waals surface area contributed by atoms with Gasteiger partial charge in [0.25, 0.3) is 23.6 Å². The van der Waals surface area contributed by atoms with Gasteiger partial charge in [0, 0.05) is 51.1 Å². The van der Waals surface area contributed by atoms with Crippen LogP contribution in [0.25, 0.3) is 43.1 Å². The van der Waals surface area contributed by atoms with Gasteiger partial charge in [-0.3, -0.25) is 29.0 Å². The fraction of sp³-hybridized carbons (Fsp3) is 0.520. The van der Waals surface area contributed by atoms with Crippen molar-refractivity contribution in [2.24, 2.45) is 0 Å². The Morgan fingerprint density at radius 2 is 0.741 bits per heavy atom. The zero-order valence-corrected chi connectivity index (χ0v) is 35.4. The van der Waals surface area contributed by atoms with Gasteiger partial charge >= 0.3 is 0 Å². The average molecular weight is 787 g/mol. The summed E-state index contributed by atoms with van der Waals surface area (Å²) in [5, 5.41) is 6.08. The Morgan fingerprint density at radius 3 is 1.17 bits per heavy atom. The Morgan fingerprint density at radius 1 is 0.379 bits per heavy atom. The summed E-state index contributed by atoms with van der Waals surface area (Å²) in [6.07, 6.45) is 18.6. The number of hydrogen-bond acceptors (Lipinski definition) is 6. The van der Waals surface area contributed by atoms with Crippen LogP contribution in [0.1, 0.15) is 185 Å². The number of imide groups is 2. The minimum absolute atomic E-state index is 0.271. The summed E-state index contributed by atoms with van der Waals surface area (Å²) in [6.45, 7) is 10.3. The van der Waals surface area contributed by atoms with Gasteiger partial charge in [0.15, 0.2) is 0 Å². The molecule has 2 aliphatic rings. The van der Waals surface area contributed by atoms with Crippen molar-refractivity contribution < 1.29 is 28.7 Å². The van der Waals surface area contributed by atoms with Gasteiger partial charge in [-0.25, -0.2) is 0 Å². The molecule has 0 atom stereocenters. The molecule has 0 bridgehead atoms. The Labute approximate surface area is 343 Å². The Kier molecular flexibility index (Phi) is 13.5. The molecule has 0 aromatic heterocycles. The van der Waals surface area contributed by atoms with Gasteiger partial charge in [-0.15, -0.1) is 0 Å². The zero-order chi connectivity index (χ0) is 40.8. The summed E-state index contributed by atoms with van der Waals surface area (Å²) in [7, 11) is 0. The minimum Gasteiger partial charge on any atom is -0.493 e. The van der Waals surface area contributed by atoms with Gasteiger partial charge in [0.2, 0.25) is 0 Å². The fourth-order valence-corrected chi connectivity index (χ4v) is 9.30. The molecule has 5 aromatic carbocycles. The molecular weight excluding hydrogens is 725 g/mol. The first-order chi connectivity index (χ1) is 28.4. The number of nitrogens with zero attached hydrogens (tertiary/aromatic N) is 2. The van der Waals surface area contributed by atoms with Crippen molar-refractivity contribution in [3.05, 3.63) is 58.7 Å². The number of hydrogen-bond donors (Lipinski definition) is 0. The SMILES string of the molecule is CCCCCCCCOc1cc2c3c(cc(OCCCCCCCC)c4c5ccc6c7c(ccc(c1c34)c75)C(=O)N(CCCCC)C6=O)C(=O)N(CCCCC)C2=O. The highest BCUT2D eigenvalue weighted by Gasteiger charge is 2.38. The van der Waals surface area contributed by atoms with Crippen LogP contribution < -0.4 is 9.47 Å².